The third-order valence-corrected chi connectivity index (χ3v) is 5.26. The molecule has 8 nitrogen and oxygen atoms in total. The number of sulfonamides is 1. The van der Waals surface area contributed by atoms with Crippen LogP contribution in [0.4, 0.5) is 26.2 Å². The first kappa shape index (κ1) is 20.2. The van der Waals surface area contributed by atoms with E-state index in [0.717, 1.165) is 12.1 Å². The molecule has 28 heavy (non-hydrogen) atoms. The number of ether oxygens (including phenoxy) is 1. The Morgan fingerprint density at radius 1 is 1.18 bits per heavy atom. The first-order valence-electron chi connectivity index (χ1n) is 8.56. The van der Waals surface area contributed by atoms with E-state index in [4.69, 9.17) is 4.74 Å². The fraction of sp³-hybridized carbons (Fsp3) is 0.412. The number of morpholine rings is 1. The molecule has 152 valence electrons. The van der Waals surface area contributed by atoms with Gasteiger partial charge in [-0.2, -0.15) is 4.98 Å². The zero-order valence-corrected chi connectivity index (χ0v) is 16.3. The molecule has 1 saturated heterocycles. The van der Waals surface area contributed by atoms with Gasteiger partial charge in [0, 0.05) is 33.3 Å². The van der Waals surface area contributed by atoms with Gasteiger partial charge in [-0.25, -0.2) is 22.2 Å². The molecule has 0 saturated carbocycles. The van der Waals surface area contributed by atoms with Crippen LogP contribution in [0, 0.1) is 11.6 Å². The molecule has 1 aliphatic heterocycles. The van der Waals surface area contributed by atoms with E-state index in [9.17, 15) is 17.2 Å². The van der Waals surface area contributed by atoms with Crippen LogP contribution in [0.25, 0.3) is 0 Å². The van der Waals surface area contributed by atoms with Crippen LogP contribution in [0.15, 0.2) is 24.4 Å². The Kier molecular flexibility index (Phi) is 5.94. The Morgan fingerprint density at radius 2 is 1.82 bits per heavy atom. The molecule has 1 aromatic carbocycles. The maximum atomic E-state index is 13.3. The highest BCUT2D eigenvalue weighted by atomic mass is 32.2. The van der Waals surface area contributed by atoms with Gasteiger partial charge in [-0.15, -0.1) is 0 Å². The SMILES string of the molecule is CN(C)c1nc(N2CCOCC2)ncc1NS(=O)(=O)Cc1cc(F)cc(F)c1. The second-order valence-corrected chi connectivity index (χ2v) is 8.26. The van der Waals surface area contributed by atoms with Gasteiger partial charge in [0.1, 0.15) is 17.3 Å². The highest BCUT2D eigenvalue weighted by molar-refractivity contribution is 7.91. The van der Waals surface area contributed by atoms with Crippen LogP contribution in [0.2, 0.25) is 0 Å². The predicted molar refractivity (Wildman–Crippen MR) is 102 cm³/mol. The third kappa shape index (κ3) is 5.04. The summed E-state index contributed by atoms with van der Waals surface area (Å²) >= 11 is 0. The lowest BCUT2D eigenvalue weighted by molar-refractivity contribution is 0.122. The van der Waals surface area contributed by atoms with Gasteiger partial charge in [-0.3, -0.25) is 4.72 Å². The minimum absolute atomic E-state index is 0.00209. The van der Waals surface area contributed by atoms with Crippen LogP contribution in [0.5, 0.6) is 0 Å². The standard InChI is InChI=1S/C17H21F2N5O3S/c1-23(2)16-15(10-20-17(21-16)24-3-5-27-6-4-24)22-28(25,26)11-12-7-13(18)9-14(19)8-12/h7-10,22H,3-6,11H2,1-2H3. The molecule has 0 unspecified atom stereocenters. The fourth-order valence-electron chi connectivity index (χ4n) is 2.81. The molecule has 11 heteroatoms. The average molecular weight is 413 g/mol. The second-order valence-electron chi connectivity index (χ2n) is 6.54. The summed E-state index contributed by atoms with van der Waals surface area (Å²) < 4.78 is 59.4. The number of rotatable bonds is 6. The monoisotopic (exact) mass is 413 g/mol. The first-order chi connectivity index (χ1) is 13.2. The van der Waals surface area contributed by atoms with Gasteiger partial charge >= 0.3 is 0 Å². The minimum atomic E-state index is -3.94. The quantitative estimate of drug-likeness (QED) is 0.770. The smallest absolute Gasteiger partial charge is 0.237 e. The molecule has 0 aliphatic carbocycles. The average Bonchev–Trinajstić information content (AvgIpc) is 2.61. The number of anilines is 3. The van der Waals surface area contributed by atoms with Crippen molar-refractivity contribution in [1.82, 2.24) is 9.97 Å². The van der Waals surface area contributed by atoms with Crippen LogP contribution >= 0.6 is 0 Å². The van der Waals surface area contributed by atoms with E-state index in [-0.39, 0.29) is 11.3 Å². The Labute approximate surface area is 162 Å². The fourth-order valence-corrected chi connectivity index (χ4v) is 3.97. The maximum absolute atomic E-state index is 13.3. The molecule has 1 fully saturated rings. The van der Waals surface area contributed by atoms with Crippen molar-refractivity contribution in [1.29, 1.82) is 0 Å². The molecule has 0 radical (unpaired) electrons. The highest BCUT2D eigenvalue weighted by Crippen LogP contribution is 2.26. The summed E-state index contributed by atoms with van der Waals surface area (Å²) in [5, 5.41) is 0. The summed E-state index contributed by atoms with van der Waals surface area (Å²) in [6, 6.07) is 2.65. The maximum Gasteiger partial charge on any atom is 0.237 e. The van der Waals surface area contributed by atoms with Gasteiger partial charge in [0.2, 0.25) is 16.0 Å². The molecule has 0 amide bonds. The predicted octanol–water partition coefficient (Wildman–Crippen LogP) is 1.60. The van der Waals surface area contributed by atoms with Crippen LogP contribution < -0.4 is 14.5 Å². The van der Waals surface area contributed by atoms with Gasteiger partial charge < -0.3 is 14.5 Å². The number of nitrogens with one attached hydrogen (secondary N) is 1. The van der Waals surface area contributed by atoms with Crippen molar-refractivity contribution >= 4 is 27.5 Å². The topological polar surface area (TPSA) is 87.7 Å². The highest BCUT2D eigenvalue weighted by Gasteiger charge is 2.20. The van der Waals surface area contributed by atoms with E-state index < -0.39 is 27.4 Å². The second kappa shape index (κ2) is 8.23. The van der Waals surface area contributed by atoms with Crippen LogP contribution in [-0.2, 0) is 20.5 Å². The summed E-state index contributed by atoms with van der Waals surface area (Å²) in [5.41, 5.74) is 0.182. The number of hydrogen-bond acceptors (Lipinski definition) is 7. The Hall–Kier alpha value is -2.53. The van der Waals surface area contributed by atoms with Crippen LogP contribution in [0.1, 0.15) is 5.56 Å². The molecule has 0 bridgehead atoms. The molecule has 1 aromatic heterocycles. The van der Waals surface area contributed by atoms with Crippen LogP contribution in [0.3, 0.4) is 0 Å². The molecule has 2 aromatic rings. The van der Waals surface area contributed by atoms with E-state index in [1.165, 1.54) is 6.20 Å². The number of benzene rings is 1. The Bertz CT molecular complexity index is 930. The van der Waals surface area contributed by atoms with Crippen molar-refractivity contribution in [3.63, 3.8) is 0 Å². The van der Waals surface area contributed by atoms with E-state index in [2.05, 4.69) is 14.7 Å². The molecule has 2 heterocycles. The van der Waals surface area contributed by atoms with Crippen molar-refractivity contribution in [3.05, 3.63) is 41.6 Å². The van der Waals surface area contributed by atoms with Crippen molar-refractivity contribution < 1.29 is 21.9 Å². The Balaban J connectivity index is 1.83. The normalized spacial score (nSPS) is 14.8. The van der Waals surface area contributed by atoms with Crippen molar-refractivity contribution in [2.75, 3.05) is 54.9 Å². The summed E-state index contributed by atoms with van der Waals surface area (Å²) in [4.78, 5) is 12.3. The summed E-state index contributed by atoms with van der Waals surface area (Å²) in [7, 11) is -0.484. The summed E-state index contributed by atoms with van der Waals surface area (Å²) in [6.07, 6.45) is 1.39. The Morgan fingerprint density at radius 3 is 2.43 bits per heavy atom. The van der Waals surface area contributed by atoms with Crippen molar-refractivity contribution in [2.24, 2.45) is 0 Å². The van der Waals surface area contributed by atoms with Gasteiger partial charge in [-0.05, 0) is 17.7 Å². The van der Waals surface area contributed by atoms with E-state index in [1.54, 1.807) is 19.0 Å². The zero-order valence-electron chi connectivity index (χ0n) is 15.5. The minimum Gasteiger partial charge on any atom is -0.378 e. The van der Waals surface area contributed by atoms with Crippen LogP contribution in [-0.4, -0.2) is 58.8 Å². The van der Waals surface area contributed by atoms with E-state index in [0.29, 0.717) is 44.1 Å². The molecular formula is C17H21F2N5O3S. The number of halogens is 2. The van der Waals surface area contributed by atoms with Gasteiger partial charge in [-0.1, -0.05) is 0 Å². The van der Waals surface area contributed by atoms with Gasteiger partial charge in [0.15, 0.2) is 5.82 Å². The molecule has 0 atom stereocenters. The lowest BCUT2D eigenvalue weighted by atomic mass is 10.2. The third-order valence-electron chi connectivity index (χ3n) is 4.02. The largest absolute Gasteiger partial charge is 0.378 e. The van der Waals surface area contributed by atoms with Gasteiger partial charge in [0.05, 0.1) is 25.2 Å². The molecule has 3 rings (SSSR count). The van der Waals surface area contributed by atoms with Gasteiger partial charge in [0.25, 0.3) is 0 Å². The number of aromatic nitrogens is 2. The van der Waals surface area contributed by atoms with Crippen molar-refractivity contribution in [3.8, 4) is 0 Å². The summed E-state index contributed by atoms with van der Waals surface area (Å²) in [6.45, 7) is 2.42. The molecular weight excluding hydrogens is 392 g/mol. The molecule has 0 spiro atoms. The molecule has 1 N–H and O–H groups in total. The summed E-state index contributed by atoms with van der Waals surface area (Å²) in [5.74, 6) is -1.40. The number of nitrogens with zero attached hydrogens (tertiary/aromatic N) is 4. The lowest BCUT2D eigenvalue weighted by Crippen LogP contribution is -2.37. The van der Waals surface area contributed by atoms with E-state index >= 15 is 0 Å². The van der Waals surface area contributed by atoms with E-state index in [1.807, 2.05) is 4.90 Å². The lowest BCUT2D eigenvalue weighted by Gasteiger charge is -2.28. The number of hydrogen-bond donors (Lipinski definition) is 1. The molecule has 1 aliphatic rings. The van der Waals surface area contributed by atoms with Crippen molar-refractivity contribution in [2.45, 2.75) is 5.75 Å². The zero-order chi connectivity index (χ0) is 20.3. The first-order valence-corrected chi connectivity index (χ1v) is 10.2.